The Bertz CT molecular complexity index is 676. The third-order valence-corrected chi connectivity index (χ3v) is 7.36. The van der Waals surface area contributed by atoms with Gasteiger partial charge in [0.2, 0.25) is 15.0 Å². The third kappa shape index (κ3) is 4.27. The van der Waals surface area contributed by atoms with E-state index >= 15 is 0 Å². The Morgan fingerprint density at radius 3 is 2.27 bits per heavy atom. The van der Waals surface area contributed by atoms with E-state index in [2.05, 4.69) is 0 Å². The first-order valence-corrected chi connectivity index (χ1v) is 11.5. The molecule has 9 heteroatoms. The average molecular weight is 407 g/mol. The lowest BCUT2D eigenvalue weighted by Crippen LogP contribution is -2.50. The van der Waals surface area contributed by atoms with E-state index in [9.17, 15) is 18.0 Å². The first-order chi connectivity index (χ1) is 11.9. The van der Waals surface area contributed by atoms with Crippen LogP contribution < -0.4 is 0 Å². The van der Waals surface area contributed by atoms with Gasteiger partial charge in [-0.3, -0.25) is 4.79 Å². The first kappa shape index (κ1) is 19.7. The molecular weight excluding hydrogens is 380 g/mol. The number of rotatable bonds is 3. The summed E-state index contributed by atoms with van der Waals surface area (Å²) in [7, 11) is 1.70. The van der Waals surface area contributed by atoms with Crippen molar-refractivity contribution in [3.05, 3.63) is 0 Å². The summed E-state index contributed by atoms with van der Waals surface area (Å²) >= 11 is 0. The molecule has 0 spiro atoms. The van der Waals surface area contributed by atoms with Crippen LogP contribution in [0.3, 0.4) is 0 Å². The maximum Gasteiger partial charge on any atom is 0.410 e. The molecule has 3 rings (SSSR count). The Balaban J connectivity index is 1.60. The summed E-state index contributed by atoms with van der Waals surface area (Å²) < 4.78 is 28.5. The topological polar surface area (TPSA) is 84.0 Å². The number of carbonyl (C=O) groups excluding carboxylic acids is 2. The molecule has 4 atom stereocenters. The van der Waals surface area contributed by atoms with Gasteiger partial charge in [-0.15, -0.1) is 0 Å². The normalized spacial score (nSPS) is 32.2. The summed E-state index contributed by atoms with van der Waals surface area (Å²) in [5, 5.41) is -0.810. The van der Waals surface area contributed by atoms with Crippen LogP contribution in [0.2, 0.25) is 0 Å². The second-order valence-corrected chi connectivity index (χ2v) is 11.6. The molecule has 3 heterocycles. The minimum atomic E-state index is -3.72. The largest absolute Gasteiger partial charge is 0.444 e. The van der Waals surface area contributed by atoms with E-state index in [1.54, 1.807) is 4.90 Å². The Labute approximate surface area is 159 Å². The van der Waals surface area contributed by atoms with E-state index < -0.39 is 19.9 Å². The van der Waals surface area contributed by atoms with Crippen LogP contribution in [0.25, 0.3) is 0 Å². The van der Waals surface area contributed by atoms with Gasteiger partial charge in [0.1, 0.15) is 10.9 Å². The van der Waals surface area contributed by atoms with E-state index in [4.69, 9.17) is 15.4 Å². The molecule has 0 aromatic heterocycles. The summed E-state index contributed by atoms with van der Waals surface area (Å²) in [6.07, 6.45) is 3.25. The molecule has 0 aliphatic carbocycles. The Morgan fingerprint density at radius 2 is 1.81 bits per heavy atom. The minimum absolute atomic E-state index is 0.0323. The van der Waals surface area contributed by atoms with Crippen molar-refractivity contribution in [2.75, 3.05) is 13.1 Å². The molecule has 2 amide bonds. The van der Waals surface area contributed by atoms with Crippen LogP contribution in [0.4, 0.5) is 4.79 Å². The highest BCUT2D eigenvalue weighted by molar-refractivity contribution is 8.14. The zero-order chi connectivity index (χ0) is 19.3. The first-order valence-electron chi connectivity index (χ1n) is 9.16. The molecule has 3 aliphatic heterocycles. The number of nitrogens with zero attached hydrogens (tertiary/aromatic N) is 2. The average Bonchev–Trinajstić information content (AvgIpc) is 2.96. The SMILES string of the molecule is CC(C)(C)OC(=O)N1[C@@H]2CC[C@H]1CC(CN1CC(S(=O)(=O)Cl)CC1=O)C2. The lowest BCUT2D eigenvalue weighted by Gasteiger charge is -2.40. The Kier molecular flexibility index (Phi) is 5.20. The fraction of sp³-hybridized carbons (Fsp3) is 0.882. The van der Waals surface area contributed by atoms with Crippen LogP contribution in [0.1, 0.15) is 52.9 Å². The van der Waals surface area contributed by atoms with Crippen molar-refractivity contribution < 1.29 is 22.7 Å². The van der Waals surface area contributed by atoms with E-state index in [-0.39, 0.29) is 43.0 Å². The summed E-state index contributed by atoms with van der Waals surface area (Å²) in [5.74, 6) is 0.119. The van der Waals surface area contributed by atoms with Gasteiger partial charge < -0.3 is 14.5 Å². The van der Waals surface area contributed by atoms with Gasteiger partial charge in [0, 0.05) is 42.3 Å². The standard InChI is InChI=1S/C17H27ClN2O5S/c1-17(2,3)25-16(22)20-12-4-5-13(20)7-11(6-12)9-19-10-14(8-15(19)21)26(18,23)24/h11-14H,4-10H2,1-3H3/t11?,12-,13+,14?. The van der Waals surface area contributed by atoms with Crippen molar-refractivity contribution in [3.63, 3.8) is 0 Å². The molecule has 0 radical (unpaired) electrons. The Morgan fingerprint density at radius 1 is 1.23 bits per heavy atom. The number of ether oxygens (including phenoxy) is 1. The molecule has 2 unspecified atom stereocenters. The van der Waals surface area contributed by atoms with E-state index in [0.717, 1.165) is 25.7 Å². The molecule has 3 fully saturated rings. The molecule has 148 valence electrons. The summed E-state index contributed by atoms with van der Waals surface area (Å²) in [6, 6.07) is 0.276. The molecule has 0 aromatic carbocycles. The van der Waals surface area contributed by atoms with E-state index in [1.165, 1.54) is 0 Å². The maximum atomic E-state index is 12.5. The van der Waals surface area contributed by atoms with Gasteiger partial charge in [-0.25, -0.2) is 13.2 Å². The van der Waals surface area contributed by atoms with E-state index in [0.29, 0.717) is 6.54 Å². The lowest BCUT2D eigenvalue weighted by atomic mass is 9.90. The molecule has 26 heavy (non-hydrogen) atoms. The van der Waals surface area contributed by atoms with Crippen molar-refractivity contribution in [2.24, 2.45) is 5.92 Å². The second-order valence-electron chi connectivity index (χ2n) is 8.71. The molecule has 0 N–H and O–H groups in total. The van der Waals surface area contributed by atoms with Gasteiger partial charge in [0.05, 0.1) is 0 Å². The van der Waals surface area contributed by atoms with Gasteiger partial charge in [0.15, 0.2) is 0 Å². The number of hydrogen-bond donors (Lipinski definition) is 0. The molecule has 2 bridgehead atoms. The zero-order valence-corrected chi connectivity index (χ0v) is 17.1. The smallest absolute Gasteiger partial charge is 0.410 e. The van der Waals surface area contributed by atoms with Crippen molar-refractivity contribution in [1.82, 2.24) is 9.80 Å². The predicted octanol–water partition coefficient (Wildman–Crippen LogP) is 2.33. The highest BCUT2D eigenvalue weighted by Gasteiger charge is 2.46. The molecule has 0 aromatic rings. The van der Waals surface area contributed by atoms with Crippen LogP contribution in [0.5, 0.6) is 0 Å². The van der Waals surface area contributed by atoms with Gasteiger partial charge in [-0.2, -0.15) is 0 Å². The highest BCUT2D eigenvalue weighted by atomic mass is 35.7. The van der Waals surface area contributed by atoms with Gasteiger partial charge in [-0.1, -0.05) is 0 Å². The minimum Gasteiger partial charge on any atom is -0.444 e. The summed E-state index contributed by atoms with van der Waals surface area (Å²) in [6.45, 7) is 6.29. The summed E-state index contributed by atoms with van der Waals surface area (Å²) in [5.41, 5.74) is -0.516. The quantitative estimate of drug-likeness (QED) is 0.671. The highest BCUT2D eigenvalue weighted by Crippen LogP contribution is 2.40. The number of hydrogen-bond acceptors (Lipinski definition) is 5. The van der Waals surface area contributed by atoms with E-state index in [1.807, 2.05) is 25.7 Å². The van der Waals surface area contributed by atoms with Crippen LogP contribution in [0.15, 0.2) is 0 Å². The maximum absolute atomic E-state index is 12.5. The molecular formula is C17H27ClN2O5S. The number of fused-ring (bicyclic) bond motifs is 2. The van der Waals surface area contributed by atoms with Crippen molar-refractivity contribution >= 4 is 31.7 Å². The number of piperidine rings is 1. The monoisotopic (exact) mass is 406 g/mol. The fourth-order valence-electron chi connectivity index (χ4n) is 4.46. The molecule has 3 aliphatic rings. The van der Waals surface area contributed by atoms with Crippen LogP contribution >= 0.6 is 10.7 Å². The van der Waals surface area contributed by atoms with Gasteiger partial charge in [0.25, 0.3) is 0 Å². The number of carbonyl (C=O) groups is 2. The van der Waals surface area contributed by atoms with Crippen LogP contribution in [-0.4, -0.2) is 66.2 Å². The number of likely N-dealkylation sites (tertiary alicyclic amines) is 1. The van der Waals surface area contributed by atoms with Gasteiger partial charge in [-0.05, 0) is 52.4 Å². The predicted molar refractivity (Wildman–Crippen MR) is 97.4 cm³/mol. The third-order valence-electron chi connectivity index (χ3n) is 5.49. The fourth-order valence-corrected chi connectivity index (χ4v) is 5.52. The van der Waals surface area contributed by atoms with Gasteiger partial charge >= 0.3 is 6.09 Å². The Hall–Kier alpha value is -1.02. The number of halogens is 1. The van der Waals surface area contributed by atoms with Crippen molar-refractivity contribution in [1.29, 1.82) is 0 Å². The van der Waals surface area contributed by atoms with Crippen LogP contribution in [-0.2, 0) is 18.6 Å². The lowest BCUT2D eigenvalue weighted by molar-refractivity contribution is -0.128. The second kappa shape index (κ2) is 6.86. The van der Waals surface area contributed by atoms with Crippen molar-refractivity contribution in [2.45, 2.75) is 75.8 Å². The molecule has 0 saturated carbocycles. The molecule has 3 saturated heterocycles. The zero-order valence-electron chi connectivity index (χ0n) is 15.5. The molecule has 7 nitrogen and oxygen atoms in total. The summed E-state index contributed by atoms with van der Waals surface area (Å²) in [4.78, 5) is 28.1. The number of amides is 2. The van der Waals surface area contributed by atoms with Crippen LogP contribution in [0, 0.1) is 5.92 Å². The van der Waals surface area contributed by atoms with Crippen molar-refractivity contribution in [3.8, 4) is 0 Å².